The maximum Gasteiger partial charge on any atom is 0.311 e. The summed E-state index contributed by atoms with van der Waals surface area (Å²) in [6, 6.07) is 18.3. The first-order chi connectivity index (χ1) is 12.7. The van der Waals surface area contributed by atoms with Gasteiger partial charge in [0, 0.05) is 19.6 Å². The smallest absolute Gasteiger partial charge is 0.311 e. The average Bonchev–Trinajstić information content (AvgIpc) is 3.19. The van der Waals surface area contributed by atoms with E-state index in [1.165, 1.54) is 5.56 Å². The Kier molecular flexibility index (Phi) is 4.68. The van der Waals surface area contributed by atoms with Gasteiger partial charge < -0.3 is 9.84 Å². The third-order valence-corrected chi connectivity index (χ3v) is 5.92. The fourth-order valence-electron chi connectivity index (χ4n) is 4.60. The Morgan fingerprint density at radius 1 is 1.15 bits per heavy atom. The summed E-state index contributed by atoms with van der Waals surface area (Å²) in [5.74, 6) is 0.554. The van der Waals surface area contributed by atoms with Crippen molar-refractivity contribution in [1.29, 1.82) is 0 Å². The van der Waals surface area contributed by atoms with Crippen LogP contribution in [-0.2, 0) is 17.9 Å². The Morgan fingerprint density at radius 2 is 1.96 bits per heavy atom. The average molecular weight is 351 g/mol. The highest BCUT2D eigenvalue weighted by atomic mass is 16.5. The second kappa shape index (κ2) is 7.12. The molecular formula is C22H25NO3. The summed E-state index contributed by atoms with van der Waals surface area (Å²) in [6.45, 7) is 2.90. The van der Waals surface area contributed by atoms with Gasteiger partial charge in [-0.25, -0.2) is 0 Å². The number of likely N-dealkylation sites (tertiary alicyclic amines) is 1. The van der Waals surface area contributed by atoms with E-state index < -0.39 is 11.4 Å². The SMILES string of the molecule is O=C(O)[C@@]12CCC[C@H]1CN(Cc1cccc(OCc3ccccc3)c1)C2. The van der Waals surface area contributed by atoms with Crippen molar-refractivity contribution in [3.8, 4) is 5.75 Å². The van der Waals surface area contributed by atoms with E-state index in [2.05, 4.69) is 29.2 Å². The highest BCUT2D eigenvalue weighted by Gasteiger charge is 2.54. The Bertz CT molecular complexity index is 776. The summed E-state index contributed by atoms with van der Waals surface area (Å²) in [5, 5.41) is 9.73. The molecule has 1 N–H and O–H groups in total. The van der Waals surface area contributed by atoms with Gasteiger partial charge in [0.05, 0.1) is 5.41 Å². The van der Waals surface area contributed by atoms with Gasteiger partial charge in [0.2, 0.25) is 0 Å². The molecule has 0 radical (unpaired) electrons. The summed E-state index contributed by atoms with van der Waals surface area (Å²) in [4.78, 5) is 14.1. The fraction of sp³-hybridized carbons (Fsp3) is 0.409. The van der Waals surface area contributed by atoms with Gasteiger partial charge in [-0.1, -0.05) is 48.9 Å². The number of carboxylic acid groups (broad SMARTS) is 1. The van der Waals surface area contributed by atoms with Crippen molar-refractivity contribution in [2.24, 2.45) is 11.3 Å². The number of carboxylic acids is 1. The number of hydrogen-bond donors (Lipinski definition) is 1. The van der Waals surface area contributed by atoms with E-state index >= 15 is 0 Å². The predicted octanol–water partition coefficient (Wildman–Crippen LogP) is 3.95. The maximum atomic E-state index is 11.8. The lowest BCUT2D eigenvalue weighted by molar-refractivity contribution is -0.149. The molecule has 26 heavy (non-hydrogen) atoms. The maximum absolute atomic E-state index is 11.8. The second-order valence-electron chi connectivity index (χ2n) is 7.64. The Hall–Kier alpha value is -2.33. The van der Waals surface area contributed by atoms with Crippen LogP contribution >= 0.6 is 0 Å². The largest absolute Gasteiger partial charge is 0.489 e. The summed E-state index contributed by atoms with van der Waals surface area (Å²) in [6.07, 6.45) is 2.92. The van der Waals surface area contributed by atoms with E-state index in [1.807, 2.05) is 30.3 Å². The van der Waals surface area contributed by atoms with Crippen molar-refractivity contribution in [2.75, 3.05) is 13.1 Å². The van der Waals surface area contributed by atoms with Gasteiger partial charge in [-0.3, -0.25) is 9.69 Å². The molecule has 4 nitrogen and oxygen atoms in total. The van der Waals surface area contributed by atoms with Crippen LogP contribution in [0.3, 0.4) is 0 Å². The number of benzene rings is 2. The summed E-state index contributed by atoms with van der Waals surface area (Å²) in [7, 11) is 0. The fourth-order valence-corrected chi connectivity index (χ4v) is 4.60. The topological polar surface area (TPSA) is 49.8 Å². The molecule has 0 aromatic heterocycles. The van der Waals surface area contributed by atoms with Crippen LogP contribution < -0.4 is 4.74 Å². The quantitative estimate of drug-likeness (QED) is 0.856. The third-order valence-electron chi connectivity index (χ3n) is 5.92. The van der Waals surface area contributed by atoms with Crippen molar-refractivity contribution in [2.45, 2.75) is 32.4 Å². The number of rotatable bonds is 6. The van der Waals surface area contributed by atoms with Crippen LogP contribution in [0, 0.1) is 11.3 Å². The van der Waals surface area contributed by atoms with Crippen LogP contribution in [0.25, 0.3) is 0 Å². The van der Waals surface area contributed by atoms with Crippen LogP contribution in [-0.4, -0.2) is 29.1 Å². The summed E-state index contributed by atoms with van der Waals surface area (Å²) >= 11 is 0. The van der Waals surface area contributed by atoms with E-state index in [0.29, 0.717) is 19.1 Å². The molecule has 2 aromatic rings. The number of ether oxygens (including phenoxy) is 1. The molecule has 0 spiro atoms. The number of hydrogen-bond acceptors (Lipinski definition) is 3. The molecule has 0 unspecified atom stereocenters. The molecule has 2 fully saturated rings. The Morgan fingerprint density at radius 3 is 2.73 bits per heavy atom. The number of nitrogens with zero attached hydrogens (tertiary/aromatic N) is 1. The zero-order chi connectivity index (χ0) is 18.0. The number of carbonyl (C=O) groups is 1. The van der Waals surface area contributed by atoms with E-state index in [0.717, 1.165) is 43.7 Å². The number of fused-ring (bicyclic) bond motifs is 1. The van der Waals surface area contributed by atoms with Crippen LogP contribution in [0.4, 0.5) is 0 Å². The van der Waals surface area contributed by atoms with Gasteiger partial charge in [-0.05, 0) is 42.0 Å². The van der Waals surface area contributed by atoms with Gasteiger partial charge in [0.25, 0.3) is 0 Å². The van der Waals surface area contributed by atoms with Crippen LogP contribution in [0.2, 0.25) is 0 Å². The molecule has 2 aromatic carbocycles. The van der Waals surface area contributed by atoms with Gasteiger partial charge in [-0.15, -0.1) is 0 Å². The molecule has 4 heteroatoms. The Balaban J connectivity index is 1.39. The van der Waals surface area contributed by atoms with Crippen molar-refractivity contribution < 1.29 is 14.6 Å². The van der Waals surface area contributed by atoms with Crippen molar-refractivity contribution >= 4 is 5.97 Å². The summed E-state index contributed by atoms with van der Waals surface area (Å²) in [5.41, 5.74) is 1.81. The highest BCUT2D eigenvalue weighted by Crippen LogP contribution is 2.49. The van der Waals surface area contributed by atoms with Gasteiger partial charge in [0.1, 0.15) is 12.4 Å². The van der Waals surface area contributed by atoms with Crippen molar-refractivity contribution in [3.63, 3.8) is 0 Å². The van der Waals surface area contributed by atoms with Crippen LogP contribution in [0.5, 0.6) is 5.75 Å². The zero-order valence-corrected chi connectivity index (χ0v) is 14.9. The molecule has 0 amide bonds. The van der Waals surface area contributed by atoms with Crippen molar-refractivity contribution in [1.82, 2.24) is 4.90 Å². The minimum Gasteiger partial charge on any atom is -0.489 e. The molecule has 1 heterocycles. The first-order valence-electron chi connectivity index (χ1n) is 9.37. The van der Waals surface area contributed by atoms with E-state index in [4.69, 9.17) is 4.74 Å². The zero-order valence-electron chi connectivity index (χ0n) is 14.9. The van der Waals surface area contributed by atoms with Gasteiger partial charge in [0.15, 0.2) is 0 Å². The lowest BCUT2D eigenvalue weighted by atomic mass is 9.81. The molecule has 1 aliphatic carbocycles. The van der Waals surface area contributed by atoms with Crippen molar-refractivity contribution in [3.05, 3.63) is 65.7 Å². The van der Waals surface area contributed by atoms with E-state index in [-0.39, 0.29) is 0 Å². The van der Waals surface area contributed by atoms with E-state index in [9.17, 15) is 9.90 Å². The normalized spacial score (nSPS) is 25.2. The molecule has 4 rings (SSSR count). The lowest BCUT2D eigenvalue weighted by Gasteiger charge is -2.23. The monoisotopic (exact) mass is 351 g/mol. The highest BCUT2D eigenvalue weighted by molar-refractivity contribution is 5.76. The van der Waals surface area contributed by atoms with Crippen LogP contribution in [0.15, 0.2) is 54.6 Å². The standard InChI is InChI=1S/C22H25NO3/c24-21(25)22-11-5-9-19(22)14-23(16-22)13-18-8-4-10-20(12-18)26-15-17-6-2-1-3-7-17/h1-4,6-8,10,12,19H,5,9,11,13-16H2,(H,24,25)/t19-,22+/m0/s1. The van der Waals surface area contributed by atoms with Gasteiger partial charge >= 0.3 is 5.97 Å². The molecule has 1 saturated carbocycles. The first kappa shape index (κ1) is 17.1. The van der Waals surface area contributed by atoms with E-state index in [1.54, 1.807) is 0 Å². The molecule has 1 saturated heterocycles. The molecule has 136 valence electrons. The third kappa shape index (κ3) is 3.34. The lowest BCUT2D eigenvalue weighted by Crippen LogP contribution is -2.35. The second-order valence-corrected chi connectivity index (χ2v) is 7.64. The molecule has 2 aliphatic rings. The molecular weight excluding hydrogens is 326 g/mol. The van der Waals surface area contributed by atoms with Gasteiger partial charge in [-0.2, -0.15) is 0 Å². The first-order valence-corrected chi connectivity index (χ1v) is 9.37. The molecule has 0 bridgehead atoms. The minimum absolute atomic E-state index is 0.303. The molecule has 1 aliphatic heterocycles. The molecule has 2 atom stereocenters. The summed E-state index contributed by atoms with van der Waals surface area (Å²) < 4.78 is 5.92. The van der Waals surface area contributed by atoms with Crippen LogP contribution in [0.1, 0.15) is 30.4 Å². The number of aliphatic carboxylic acids is 1. The predicted molar refractivity (Wildman–Crippen MR) is 99.9 cm³/mol. The minimum atomic E-state index is -0.609. The Labute approximate surface area is 154 Å².